The van der Waals surface area contributed by atoms with E-state index >= 15 is 0 Å². The third kappa shape index (κ3) is 5.48. The largest absolute Gasteiger partial charge is 0.466 e. The molecular formula is C17H26N2O3. The lowest BCUT2D eigenvalue weighted by molar-refractivity contribution is -0.143. The molecule has 5 nitrogen and oxygen atoms in total. The van der Waals surface area contributed by atoms with Gasteiger partial charge in [-0.1, -0.05) is 31.2 Å². The normalized spacial score (nSPS) is 13.3. The molecule has 2 atom stereocenters. The number of aryl methyl sites for hydroxylation is 1. The Labute approximate surface area is 132 Å². The topological polar surface area (TPSA) is 67.4 Å². The molecule has 1 rings (SSSR count). The van der Waals surface area contributed by atoms with Crippen LogP contribution in [0.15, 0.2) is 24.3 Å². The van der Waals surface area contributed by atoms with E-state index in [1.54, 1.807) is 14.0 Å². The predicted molar refractivity (Wildman–Crippen MR) is 86.4 cm³/mol. The monoisotopic (exact) mass is 306 g/mol. The van der Waals surface area contributed by atoms with Crippen LogP contribution in [-0.2, 0) is 14.3 Å². The van der Waals surface area contributed by atoms with E-state index in [2.05, 4.69) is 10.6 Å². The Morgan fingerprint density at radius 2 is 1.95 bits per heavy atom. The Bertz CT molecular complexity index is 502. The van der Waals surface area contributed by atoms with Crippen molar-refractivity contribution < 1.29 is 14.3 Å². The zero-order valence-electron chi connectivity index (χ0n) is 13.8. The molecule has 0 saturated heterocycles. The van der Waals surface area contributed by atoms with Gasteiger partial charge in [0.15, 0.2) is 0 Å². The van der Waals surface area contributed by atoms with Gasteiger partial charge in [-0.2, -0.15) is 0 Å². The van der Waals surface area contributed by atoms with Gasteiger partial charge in [-0.25, -0.2) is 0 Å². The second-order valence-corrected chi connectivity index (χ2v) is 5.39. The highest BCUT2D eigenvalue weighted by Gasteiger charge is 2.22. The summed E-state index contributed by atoms with van der Waals surface area (Å²) in [7, 11) is 1.81. The van der Waals surface area contributed by atoms with Crippen molar-refractivity contribution in [3.8, 4) is 0 Å². The average molecular weight is 306 g/mol. The molecule has 5 heteroatoms. The molecule has 1 amide bonds. The third-order valence-electron chi connectivity index (χ3n) is 3.51. The molecule has 0 spiro atoms. The summed E-state index contributed by atoms with van der Waals surface area (Å²) in [6, 6.07) is 7.38. The van der Waals surface area contributed by atoms with Crippen LogP contribution in [0.3, 0.4) is 0 Å². The van der Waals surface area contributed by atoms with Gasteiger partial charge in [0.05, 0.1) is 19.1 Å². The van der Waals surface area contributed by atoms with Gasteiger partial charge in [0.1, 0.15) is 0 Å². The SMILES string of the molecule is CCOC(=O)CC(NC(=O)C(C)CNC)c1ccccc1C. The van der Waals surface area contributed by atoms with Gasteiger partial charge in [0.25, 0.3) is 0 Å². The molecular weight excluding hydrogens is 280 g/mol. The highest BCUT2D eigenvalue weighted by Crippen LogP contribution is 2.21. The van der Waals surface area contributed by atoms with Crippen molar-refractivity contribution in [3.63, 3.8) is 0 Å². The molecule has 0 aromatic heterocycles. The first-order chi connectivity index (χ1) is 10.5. The van der Waals surface area contributed by atoms with E-state index in [4.69, 9.17) is 4.74 Å². The summed E-state index contributed by atoms with van der Waals surface area (Å²) in [5.74, 6) is -0.553. The van der Waals surface area contributed by atoms with Crippen molar-refractivity contribution in [2.75, 3.05) is 20.2 Å². The number of hydrogen-bond donors (Lipinski definition) is 2. The smallest absolute Gasteiger partial charge is 0.308 e. The van der Waals surface area contributed by atoms with Crippen LogP contribution < -0.4 is 10.6 Å². The van der Waals surface area contributed by atoms with Crippen LogP contribution in [0.5, 0.6) is 0 Å². The summed E-state index contributed by atoms with van der Waals surface area (Å²) in [6.45, 7) is 6.52. The minimum Gasteiger partial charge on any atom is -0.466 e. The number of rotatable bonds is 8. The van der Waals surface area contributed by atoms with Gasteiger partial charge in [-0.3, -0.25) is 9.59 Å². The zero-order valence-corrected chi connectivity index (χ0v) is 13.8. The molecule has 2 N–H and O–H groups in total. The minimum absolute atomic E-state index is 0.0769. The standard InChI is InChI=1S/C17H26N2O3/c1-5-22-16(20)10-15(14-9-7-6-8-12(14)2)19-17(21)13(3)11-18-4/h6-9,13,15,18H,5,10-11H2,1-4H3,(H,19,21). The molecule has 0 radical (unpaired) electrons. The van der Waals surface area contributed by atoms with E-state index in [0.717, 1.165) is 11.1 Å². The molecule has 122 valence electrons. The first-order valence-corrected chi connectivity index (χ1v) is 7.65. The Kier molecular flexibility index (Phi) is 7.60. The molecule has 1 aromatic carbocycles. The molecule has 0 heterocycles. The fourth-order valence-electron chi connectivity index (χ4n) is 2.32. The number of ether oxygens (including phenoxy) is 1. The van der Waals surface area contributed by atoms with Crippen LogP contribution in [0.25, 0.3) is 0 Å². The molecule has 1 aromatic rings. The lowest BCUT2D eigenvalue weighted by Crippen LogP contribution is -2.37. The Hall–Kier alpha value is -1.88. The highest BCUT2D eigenvalue weighted by atomic mass is 16.5. The number of esters is 1. The molecule has 2 unspecified atom stereocenters. The van der Waals surface area contributed by atoms with Gasteiger partial charge < -0.3 is 15.4 Å². The third-order valence-corrected chi connectivity index (χ3v) is 3.51. The first kappa shape index (κ1) is 18.2. The summed E-state index contributed by atoms with van der Waals surface area (Å²) in [6.07, 6.45) is 0.136. The van der Waals surface area contributed by atoms with E-state index < -0.39 is 0 Å². The fraction of sp³-hybridized carbons (Fsp3) is 0.529. The van der Waals surface area contributed by atoms with Crippen molar-refractivity contribution >= 4 is 11.9 Å². The number of carbonyl (C=O) groups excluding carboxylic acids is 2. The van der Waals surface area contributed by atoms with Gasteiger partial charge in [-0.15, -0.1) is 0 Å². The van der Waals surface area contributed by atoms with Gasteiger partial charge in [-0.05, 0) is 32.0 Å². The second kappa shape index (κ2) is 9.20. The molecule has 0 aliphatic heterocycles. The number of benzene rings is 1. The lowest BCUT2D eigenvalue weighted by Gasteiger charge is -2.22. The van der Waals surface area contributed by atoms with Gasteiger partial charge >= 0.3 is 5.97 Å². The first-order valence-electron chi connectivity index (χ1n) is 7.65. The van der Waals surface area contributed by atoms with Crippen LogP contribution >= 0.6 is 0 Å². The van der Waals surface area contributed by atoms with Crippen molar-refractivity contribution in [3.05, 3.63) is 35.4 Å². The zero-order chi connectivity index (χ0) is 16.5. The Morgan fingerprint density at radius 1 is 1.27 bits per heavy atom. The summed E-state index contributed by atoms with van der Waals surface area (Å²) in [4.78, 5) is 24.1. The van der Waals surface area contributed by atoms with E-state index in [1.165, 1.54) is 0 Å². The maximum Gasteiger partial charge on any atom is 0.308 e. The number of hydrogen-bond acceptors (Lipinski definition) is 4. The average Bonchev–Trinajstić information content (AvgIpc) is 2.47. The molecule has 0 bridgehead atoms. The van der Waals surface area contributed by atoms with Crippen molar-refractivity contribution in [1.29, 1.82) is 0 Å². The number of nitrogens with one attached hydrogen (secondary N) is 2. The van der Waals surface area contributed by atoms with E-state index in [1.807, 2.05) is 38.1 Å². The maximum absolute atomic E-state index is 12.3. The summed E-state index contributed by atoms with van der Waals surface area (Å²) >= 11 is 0. The fourth-order valence-corrected chi connectivity index (χ4v) is 2.32. The Morgan fingerprint density at radius 3 is 2.55 bits per heavy atom. The lowest BCUT2D eigenvalue weighted by atomic mass is 9.98. The van der Waals surface area contributed by atoms with Crippen molar-refractivity contribution in [2.24, 2.45) is 5.92 Å². The van der Waals surface area contributed by atoms with E-state index in [9.17, 15) is 9.59 Å². The van der Waals surface area contributed by atoms with Gasteiger partial charge in [0, 0.05) is 12.5 Å². The van der Waals surface area contributed by atoms with Crippen molar-refractivity contribution in [2.45, 2.75) is 33.2 Å². The molecule has 0 fully saturated rings. The summed E-state index contributed by atoms with van der Waals surface area (Å²) < 4.78 is 5.02. The minimum atomic E-state index is -0.368. The quantitative estimate of drug-likeness (QED) is 0.721. The summed E-state index contributed by atoms with van der Waals surface area (Å²) in [5, 5.41) is 5.95. The highest BCUT2D eigenvalue weighted by molar-refractivity contribution is 5.80. The van der Waals surface area contributed by atoms with Crippen LogP contribution in [0.1, 0.15) is 37.4 Å². The molecule has 0 aliphatic carbocycles. The number of amides is 1. The Balaban J connectivity index is 2.89. The van der Waals surface area contributed by atoms with E-state index in [0.29, 0.717) is 13.2 Å². The van der Waals surface area contributed by atoms with Crippen LogP contribution in [0.4, 0.5) is 0 Å². The second-order valence-electron chi connectivity index (χ2n) is 5.39. The van der Waals surface area contributed by atoms with E-state index in [-0.39, 0.29) is 30.3 Å². The summed E-state index contributed by atoms with van der Waals surface area (Å²) in [5.41, 5.74) is 1.99. The molecule has 0 saturated carbocycles. The van der Waals surface area contributed by atoms with Crippen LogP contribution in [0.2, 0.25) is 0 Å². The molecule has 22 heavy (non-hydrogen) atoms. The maximum atomic E-state index is 12.3. The van der Waals surface area contributed by atoms with Crippen molar-refractivity contribution in [1.82, 2.24) is 10.6 Å². The van der Waals surface area contributed by atoms with Crippen LogP contribution in [-0.4, -0.2) is 32.1 Å². The van der Waals surface area contributed by atoms with Crippen LogP contribution in [0, 0.1) is 12.8 Å². The molecule has 0 aliphatic rings. The number of carbonyl (C=O) groups is 2. The van der Waals surface area contributed by atoms with Gasteiger partial charge in [0.2, 0.25) is 5.91 Å². The predicted octanol–water partition coefficient (Wildman–Crippen LogP) is 1.96.